The fourth-order valence-corrected chi connectivity index (χ4v) is 3.87. The fraction of sp³-hybridized carbons (Fsp3) is 0.222. The predicted molar refractivity (Wildman–Crippen MR) is 98.0 cm³/mol. The number of hydrogen-bond acceptors (Lipinski definition) is 2. The minimum Gasteiger partial charge on any atom is -0.361 e. The third kappa shape index (κ3) is 3.64. The second-order valence-corrected chi connectivity index (χ2v) is 7.85. The normalized spacial score (nSPS) is 11.9. The zero-order valence-corrected chi connectivity index (χ0v) is 14.9. The van der Waals surface area contributed by atoms with Crippen LogP contribution in [-0.2, 0) is 22.9 Å². The Balaban J connectivity index is 1.69. The molecular weight excluding hydrogens is 344 g/mol. The van der Waals surface area contributed by atoms with Crippen molar-refractivity contribution in [1.29, 1.82) is 0 Å². The standard InChI is InChI=1S/C18H19ClN2O2S/c1-2-13-3-6-16(7-4-13)24(22,23)21-10-9-14-12-20-18-8-5-15(19)11-17(14)18/h3-8,11-12,20-21H,2,9-10H2,1H3. The van der Waals surface area contributed by atoms with E-state index in [0.29, 0.717) is 22.9 Å². The Labute approximate surface area is 146 Å². The molecule has 0 aliphatic heterocycles. The summed E-state index contributed by atoms with van der Waals surface area (Å²) in [5.41, 5.74) is 3.15. The largest absolute Gasteiger partial charge is 0.361 e. The lowest BCUT2D eigenvalue weighted by Crippen LogP contribution is -2.25. The highest BCUT2D eigenvalue weighted by Crippen LogP contribution is 2.22. The average molecular weight is 363 g/mol. The van der Waals surface area contributed by atoms with Crippen molar-refractivity contribution in [2.24, 2.45) is 0 Å². The summed E-state index contributed by atoms with van der Waals surface area (Å²) in [6, 6.07) is 12.6. The maximum atomic E-state index is 12.3. The fourth-order valence-electron chi connectivity index (χ4n) is 2.67. The third-order valence-electron chi connectivity index (χ3n) is 4.06. The Bertz CT molecular complexity index is 947. The first-order valence-corrected chi connectivity index (χ1v) is 9.70. The Morgan fingerprint density at radius 2 is 1.88 bits per heavy atom. The quantitative estimate of drug-likeness (QED) is 0.698. The van der Waals surface area contributed by atoms with Crippen LogP contribution in [-0.4, -0.2) is 19.9 Å². The second kappa shape index (κ2) is 6.97. The van der Waals surface area contributed by atoms with Crippen LogP contribution in [0.1, 0.15) is 18.1 Å². The number of H-pyrrole nitrogens is 1. The van der Waals surface area contributed by atoms with Gasteiger partial charge in [0.05, 0.1) is 4.90 Å². The minimum absolute atomic E-state index is 0.293. The number of aromatic amines is 1. The first-order valence-electron chi connectivity index (χ1n) is 7.84. The van der Waals surface area contributed by atoms with Gasteiger partial charge in [-0.15, -0.1) is 0 Å². The average Bonchev–Trinajstić information content (AvgIpc) is 2.97. The summed E-state index contributed by atoms with van der Waals surface area (Å²) in [5, 5.41) is 1.69. The molecule has 6 heteroatoms. The summed E-state index contributed by atoms with van der Waals surface area (Å²) in [4.78, 5) is 3.46. The first-order chi connectivity index (χ1) is 11.5. The summed E-state index contributed by atoms with van der Waals surface area (Å²) in [6.45, 7) is 2.37. The van der Waals surface area contributed by atoms with Crippen molar-refractivity contribution in [2.75, 3.05) is 6.54 Å². The number of rotatable bonds is 6. The molecule has 0 fully saturated rings. The highest BCUT2D eigenvalue weighted by atomic mass is 35.5. The molecule has 0 saturated carbocycles. The Hall–Kier alpha value is -1.82. The Morgan fingerprint density at radius 3 is 2.58 bits per heavy atom. The van der Waals surface area contributed by atoms with Gasteiger partial charge in [-0.3, -0.25) is 0 Å². The lowest BCUT2D eigenvalue weighted by Gasteiger charge is -2.07. The van der Waals surface area contributed by atoms with E-state index in [1.165, 1.54) is 0 Å². The van der Waals surface area contributed by atoms with Gasteiger partial charge in [-0.1, -0.05) is 30.7 Å². The topological polar surface area (TPSA) is 62.0 Å². The van der Waals surface area contributed by atoms with E-state index in [1.54, 1.807) is 12.1 Å². The van der Waals surface area contributed by atoms with Gasteiger partial charge >= 0.3 is 0 Å². The van der Waals surface area contributed by atoms with Crippen LogP contribution in [0.15, 0.2) is 53.6 Å². The van der Waals surface area contributed by atoms with E-state index in [0.717, 1.165) is 28.5 Å². The summed E-state index contributed by atoms with van der Waals surface area (Å²) in [7, 11) is -3.49. The molecule has 0 unspecified atom stereocenters. The lowest BCUT2D eigenvalue weighted by atomic mass is 10.1. The van der Waals surface area contributed by atoms with E-state index in [2.05, 4.69) is 9.71 Å². The number of nitrogens with one attached hydrogen (secondary N) is 2. The monoisotopic (exact) mass is 362 g/mol. The van der Waals surface area contributed by atoms with Crippen molar-refractivity contribution < 1.29 is 8.42 Å². The summed E-state index contributed by atoms with van der Waals surface area (Å²) < 4.78 is 27.3. The number of aryl methyl sites for hydroxylation is 1. The number of benzene rings is 2. The van der Waals surface area contributed by atoms with Gasteiger partial charge in [-0.2, -0.15) is 0 Å². The predicted octanol–water partition coefficient (Wildman–Crippen LogP) is 3.90. The Morgan fingerprint density at radius 1 is 1.12 bits per heavy atom. The van der Waals surface area contributed by atoms with Crippen LogP contribution >= 0.6 is 11.6 Å². The van der Waals surface area contributed by atoms with E-state index in [4.69, 9.17) is 11.6 Å². The molecule has 2 N–H and O–H groups in total. The van der Waals surface area contributed by atoms with Crippen LogP contribution in [0.4, 0.5) is 0 Å². The number of fused-ring (bicyclic) bond motifs is 1. The van der Waals surface area contributed by atoms with Crippen LogP contribution in [0.2, 0.25) is 5.02 Å². The van der Waals surface area contributed by atoms with Crippen LogP contribution < -0.4 is 4.72 Å². The van der Waals surface area contributed by atoms with Gasteiger partial charge in [-0.25, -0.2) is 13.1 Å². The van der Waals surface area contributed by atoms with Gasteiger partial charge in [0.2, 0.25) is 10.0 Å². The van der Waals surface area contributed by atoms with Crippen molar-refractivity contribution in [3.8, 4) is 0 Å². The van der Waals surface area contributed by atoms with Gasteiger partial charge in [0, 0.05) is 28.7 Å². The summed E-state index contributed by atoms with van der Waals surface area (Å²) >= 11 is 6.03. The van der Waals surface area contributed by atoms with Gasteiger partial charge in [0.1, 0.15) is 0 Å². The van der Waals surface area contributed by atoms with Crippen molar-refractivity contribution >= 4 is 32.5 Å². The van der Waals surface area contributed by atoms with Gasteiger partial charge in [0.15, 0.2) is 0 Å². The van der Waals surface area contributed by atoms with Crippen LogP contribution in [0.5, 0.6) is 0 Å². The van der Waals surface area contributed by atoms with Crippen LogP contribution in [0, 0.1) is 0 Å². The van der Waals surface area contributed by atoms with E-state index in [9.17, 15) is 8.42 Å². The maximum Gasteiger partial charge on any atom is 0.240 e. The molecule has 0 bridgehead atoms. The van der Waals surface area contributed by atoms with Crippen molar-refractivity contribution in [2.45, 2.75) is 24.7 Å². The number of sulfonamides is 1. The first kappa shape index (κ1) is 17.0. The Kier molecular flexibility index (Phi) is 4.94. The van der Waals surface area contributed by atoms with Crippen molar-refractivity contribution in [1.82, 2.24) is 9.71 Å². The van der Waals surface area contributed by atoms with E-state index >= 15 is 0 Å². The summed E-state index contributed by atoms with van der Waals surface area (Å²) in [5.74, 6) is 0. The molecule has 3 aromatic rings. The molecular formula is C18H19ClN2O2S. The molecule has 0 aliphatic carbocycles. The van der Waals surface area contributed by atoms with Crippen molar-refractivity contribution in [3.63, 3.8) is 0 Å². The van der Waals surface area contributed by atoms with Crippen molar-refractivity contribution in [3.05, 3.63) is 64.8 Å². The molecule has 3 rings (SSSR count). The molecule has 1 heterocycles. The van der Waals surface area contributed by atoms with Crippen LogP contribution in [0.3, 0.4) is 0 Å². The number of hydrogen-bond donors (Lipinski definition) is 2. The molecule has 2 aromatic carbocycles. The zero-order valence-electron chi connectivity index (χ0n) is 13.3. The molecule has 24 heavy (non-hydrogen) atoms. The molecule has 0 saturated heterocycles. The molecule has 0 spiro atoms. The number of aromatic nitrogens is 1. The highest BCUT2D eigenvalue weighted by molar-refractivity contribution is 7.89. The number of halogens is 1. The molecule has 0 aliphatic rings. The van der Waals surface area contributed by atoms with Gasteiger partial charge < -0.3 is 4.98 Å². The molecule has 126 valence electrons. The lowest BCUT2D eigenvalue weighted by molar-refractivity contribution is 0.581. The molecule has 0 atom stereocenters. The van der Waals surface area contributed by atoms with E-state index in [1.807, 2.05) is 43.5 Å². The molecule has 0 radical (unpaired) electrons. The molecule has 4 nitrogen and oxygen atoms in total. The van der Waals surface area contributed by atoms with Gasteiger partial charge in [0.25, 0.3) is 0 Å². The maximum absolute atomic E-state index is 12.3. The zero-order chi connectivity index (χ0) is 17.2. The second-order valence-electron chi connectivity index (χ2n) is 5.65. The smallest absolute Gasteiger partial charge is 0.240 e. The third-order valence-corrected chi connectivity index (χ3v) is 5.77. The van der Waals surface area contributed by atoms with E-state index in [-0.39, 0.29) is 0 Å². The summed E-state index contributed by atoms with van der Waals surface area (Å²) in [6.07, 6.45) is 3.37. The van der Waals surface area contributed by atoms with E-state index < -0.39 is 10.0 Å². The van der Waals surface area contributed by atoms with Gasteiger partial charge in [-0.05, 0) is 54.3 Å². The minimum atomic E-state index is -3.49. The highest BCUT2D eigenvalue weighted by Gasteiger charge is 2.13. The van der Waals surface area contributed by atoms with Crippen LogP contribution in [0.25, 0.3) is 10.9 Å². The SMILES string of the molecule is CCc1ccc(S(=O)(=O)NCCc2c[nH]c3ccc(Cl)cc23)cc1. The molecule has 1 aromatic heterocycles. The molecule has 0 amide bonds.